The van der Waals surface area contributed by atoms with Crippen molar-refractivity contribution in [3.8, 4) is 0 Å². The highest BCUT2D eigenvalue weighted by Gasteiger charge is 2.12. The molecular formula is C19H22N4O2S. The molecule has 0 radical (unpaired) electrons. The van der Waals surface area contributed by atoms with E-state index in [1.54, 1.807) is 0 Å². The van der Waals surface area contributed by atoms with Crippen LogP contribution in [0.3, 0.4) is 0 Å². The Morgan fingerprint density at radius 3 is 2.77 bits per heavy atom. The summed E-state index contributed by atoms with van der Waals surface area (Å²) in [5, 5.41) is 7.69. The number of hydrogen-bond donors (Lipinski definition) is 2. The van der Waals surface area contributed by atoms with Crippen molar-refractivity contribution in [2.24, 2.45) is 13.0 Å². The second-order valence-electron chi connectivity index (χ2n) is 6.42. The van der Waals surface area contributed by atoms with Crippen molar-refractivity contribution in [1.29, 1.82) is 0 Å². The van der Waals surface area contributed by atoms with Gasteiger partial charge in [-0.2, -0.15) is 0 Å². The van der Waals surface area contributed by atoms with Crippen LogP contribution in [0.1, 0.15) is 29.3 Å². The Balaban J connectivity index is 1.68. The van der Waals surface area contributed by atoms with Crippen LogP contribution in [-0.2, 0) is 18.3 Å². The lowest BCUT2D eigenvalue weighted by atomic mass is 10.2. The molecule has 1 aromatic carbocycles. The fourth-order valence-corrected chi connectivity index (χ4v) is 3.26. The number of thiophene rings is 1. The number of imidazole rings is 1. The molecule has 3 rings (SSSR count). The third-order valence-corrected chi connectivity index (χ3v) is 5.01. The molecule has 3 aromatic rings. The first kappa shape index (κ1) is 18.1. The molecule has 0 aliphatic rings. The summed E-state index contributed by atoms with van der Waals surface area (Å²) in [7, 11) is 1.96. The van der Waals surface area contributed by atoms with Crippen LogP contribution < -0.4 is 10.6 Å². The van der Waals surface area contributed by atoms with Gasteiger partial charge in [-0.25, -0.2) is 4.98 Å². The molecule has 0 fully saturated rings. The van der Waals surface area contributed by atoms with Crippen LogP contribution in [0.2, 0.25) is 0 Å². The number of anilines is 1. The van der Waals surface area contributed by atoms with Crippen molar-refractivity contribution >= 4 is 39.9 Å². The largest absolute Gasteiger partial charge is 0.351 e. The maximum Gasteiger partial charge on any atom is 0.261 e. The van der Waals surface area contributed by atoms with E-state index in [1.165, 1.54) is 11.3 Å². The molecular weight excluding hydrogens is 348 g/mol. The van der Waals surface area contributed by atoms with Crippen LogP contribution in [0.4, 0.5) is 5.69 Å². The first-order valence-corrected chi connectivity index (χ1v) is 9.41. The topological polar surface area (TPSA) is 76.0 Å². The summed E-state index contributed by atoms with van der Waals surface area (Å²) in [5.41, 5.74) is 2.56. The van der Waals surface area contributed by atoms with E-state index in [2.05, 4.69) is 15.6 Å². The highest BCUT2D eigenvalue weighted by atomic mass is 32.1. The molecule has 0 aliphatic carbocycles. The van der Waals surface area contributed by atoms with Crippen molar-refractivity contribution in [2.45, 2.75) is 20.3 Å². The molecule has 0 atom stereocenters. The van der Waals surface area contributed by atoms with Crippen LogP contribution >= 0.6 is 11.3 Å². The predicted octanol–water partition coefficient (Wildman–Crippen LogP) is 3.20. The van der Waals surface area contributed by atoms with Gasteiger partial charge in [0.05, 0.1) is 15.9 Å². The maximum absolute atomic E-state index is 12.0. The zero-order valence-electron chi connectivity index (χ0n) is 15.1. The predicted molar refractivity (Wildman–Crippen MR) is 105 cm³/mol. The zero-order chi connectivity index (χ0) is 18.7. The Hall–Kier alpha value is -2.67. The van der Waals surface area contributed by atoms with Gasteiger partial charge in [0, 0.05) is 31.6 Å². The highest BCUT2D eigenvalue weighted by molar-refractivity contribution is 7.12. The van der Waals surface area contributed by atoms with Gasteiger partial charge in [-0.1, -0.05) is 19.9 Å². The van der Waals surface area contributed by atoms with Crippen molar-refractivity contribution in [1.82, 2.24) is 14.9 Å². The second-order valence-corrected chi connectivity index (χ2v) is 7.37. The number of aryl methyl sites for hydroxylation is 1. The average molecular weight is 370 g/mol. The fraction of sp³-hybridized carbons (Fsp3) is 0.316. The van der Waals surface area contributed by atoms with Gasteiger partial charge >= 0.3 is 0 Å². The van der Waals surface area contributed by atoms with Gasteiger partial charge in [-0.15, -0.1) is 11.3 Å². The van der Waals surface area contributed by atoms with Crippen molar-refractivity contribution in [3.63, 3.8) is 0 Å². The molecule has 6 nitrogen and oxygen atoms in total. The van der Waals surface area contributed by atoms with Gasteiger partial charge in [-0.05, 0) is 29.6 Å². The van der Waals surface area contributed by atoms with E-state index >= 15 is 0 Å². The number of fused-ring (bicyclic) bond motifs is 1. The van der Waals surface area contributed by atoms with Crippen molar-refractivity contribution in [3.05, 3.63) is 46.4 Å². The summed E-state index contributed by atoms with van der Waals surface area (Å²) in [6.07, 6.45) is 0.635. The fourth-order valence-electron chi connectivity index (χ4n) is 2.62. The Bertz CT molecular complexity index is 929. The lowest BCUT2D eigenvalue weighted by Gasteiger charge is -2.07. The third kappa shape index (κ3) is 3.94. The molecule has 2 amide bonds. The summed E-state index contributed by atoms with van der Waals surface area (Å²) in [6, 6.07) is 9.38. The molecule has 7 heteroatoms. The second kappa shape index (κ2) is 7.70. The summed E-state index contributed by atoms with van der Waals surface area (Å²) in [4.78, 5) is 29.2. The van der Waals surface area contributed by atoms with Crippen LogP contribution in [0.15, 0.2) is 35.7 Å². The van der Waals surface area contributed by atoms with Crippen LogP contribution in [-0.4, -0.2) is 27.9 Å². The number of nitrogens with zero attached hydrogens (tertiary/aromatic N) is 2. The molecule has 0 unspecified atom stereocenters. The first-order chi connectivity index (χ1) is 12.5. The number of aromatic nitrogens is 2. The van der Waals surface area contributed by atoms with Gasteiger partial charge in [0.1, 0.15) is 5.82 Å². The van der Waals surface area contributed by atoms with Crippen LogP contribution in [0.5, 0.6) is 0 Å². The Morgan fingerprint density at radius 2 is 2.08 bits per heavy atom. The molecule has 2 N–H and O–H groups in total. The van der Waals surface area contributed by atoms with Gasteiger partial charge in [0.25, 0.3) is 5.91 Å². The lowest BCUT2D eigenvalue weighted by molar-refractivity contribution is -0.118. The van der Waals surface area contributed by atoms with Gasteiger partial charge in [-0.3, -0.25) is 9.59 Å². The molecule has 136 valence electrons. The molecule has 0 saturated heterocycles. The zero-order valence-corrected chi connectivity index (χ0v) is 15.9. The number of amides is 2. The summed E-state index contributed by atoms with van der Waals surface area (Å²) in [6.45, 7) is 4.24. The minimum Gasteiger partial charge on any atom is -0.351 e. The van der Waals surface area contributed by atoms with Crippen molar-refractivity contribution in [2.75, 3.05) is 11.9 Å². The molecule has 0 aliphatic heterocycles. The molecule has 2 heterocycles. The number of hydrogen-bond acceptors (Lipinski definition) is 4. The minimum atomic E-state index is -0.0723. The minimum absolute atomic E-state index is 0.0169. The molecule has 2 aromatic heterocycles. The van der Waals surface area contributed by atoms with E-state index < -0.39 is 0 Å². The van der Waals surface area contributed by atoms with E-state index in [0.717, 1.165) is 22.5 Å². The molecule has 0 bridgehead atoms. The van der Waals surface area contributed by atoms with Crippen LogP contribution in [0.25, 0.3) is 11.0 Å². The maximum atomic E-state index is 12.0. The van der Waals surface area contributed by atoms with Gasteiger partial charge in [0.2, 0.25) is 5.91 Å². The first-order valence-electron chi connectivity index (χ1n) is 8.53. The normalized spacial score (nSPS) is 11.1. The van der Waals surface area contributed by atoms with Gasteiger partial charge < -0.3 is 15.2 Å². The lowest BCUT2D eigenvalue weighted by Crippen LogP contribution is -2.25. The summed E-state index contributed by atoms with van der Waals surface area (Å²) in [5.74, 6) is 0.741. The van der Waals surface area contributed by atoms with E-state index in [0.29, 0.717) is 17.8 Å². The standard InChI is InChI=1S/C19H22N4O2S/c1-12(2)18(24)21-13-6-7-15-14(11-13)22-17(23(15)3)8-9-20-19(25)16-5-4-10-26-16/h4-7,10-12H,8-9H2,1-3H3,(H,20,25)(H,21,24). The van der Waals surface area contributed by atoms with E-state index in [1.807, 2.05) is 61.2 Å². The monoisotopic (exact) mass is 370 g/mol. The molecule has 0 spiro atoms. The quantitative estimate of drug-likeness (QED) is 0.700. The third-order valence-electron chi connectivity index (χ3n) is 4.14. The van der Waals surface area contributed by atoms with Crippen LogP contribution in [0, 0.1) is 5.92 Å². The van der Waals surface area contributed by atoms with E-state index in [-0.39, 0.29) is 17.7 Å². The number of carbonyl (C=O) groups excluding carboxylic acids is 2. The van der Waals surface area contributed by atoms with Gasteiger partial charge in [0.15, 0.2) is 0 Å². The Labute approximate surface area is 156 Å². The summed E-state index contributed by atoms with van der Waals surface area (Å²) < 4.78 is 2.01. The number of rotatable bonds is 6. The van der Waals surface area contributed by atoms with E-state index in [9.17, 15) is 9.59 Å². The molecule has 0 saturated carbocycles. The SMILES string of the molecule is CC(C)C(=O)Nc1ccc2c(c1)nc(CCNC(=O)c1cccs1)n2C. The Morgan fingerprint density at radius 1 is 1.27 bits per heavy atom. The summed E-state index contributed by atoms with van der Waals surface area (Å²) >= 11 is 1.43. The number of benzene rings is 1. The number of nitrogens with one attached hydrogen (secondary N) is 2. The van der Waals surface area contributed by atoms with Crippen molar-refractivity contribution < 1.29 is 9.59 Å². The average Bonchev–Trinajstić information content (AvgIpc) is 3.24. The van der Waals surface area contributed by atoms with E-state index in [4.69, 9.17) is 0 Å². The Kier molecular flexibility index (Phi) is 5.37. The molecule has 26 heavy (non-hydrogen) atoms. The highest BCUT2D eigenvalue weighted by Crippen LogP contribution is 2.20. The number of carbonyl (C=O) groups is 2. The smallest absolute Gasteiger partial charge is 0.261 e.